The molecule has 7 nitrogen and oxygen atoms in total. The number of aromatic nitrogens is 2. The first-order valence-electron chi connectivity index (χ1n) is 9.67. The quantitative estimate of drug-likeness (QED) is 0.465. The van der Waals surface area contributed by atoms with E-state index in [4.69, 9.17) is 4.74 Å². The highest BCUT2D eigenvalue weighted by Gasteiger charge is 2.20. The summed E-state index contributed by atoms with van der Waals surface area (Å²) in [6.07, 6.45) is 1.35. The lowest BCUT2D eigenvalue weighted by molar-refractivity contribution is -0.116. The molecule has 2 aromatic heterocycles. The molecule has 0 atom stereocenters. The summed E-state index contributed by atoms with van der Waals surface area (Å²) in [6, 6.07) is 18.2. The van der Waals surface area contributed by atoms with Crippen LogP contribution in [-0.4, -0.2) is 28.0 Å². The number of benzene rings is 2. The van der Waals surface area contributed by atoms with E-state index in [0.717, 1.165) is 10.4 Å². The molecule has 2 aromatic carbocycles. The Balaban J connectivity index is 1.61. The number of carbonyl (C=O) groups excluding carboxylic acids is 2. The zero-order valence-electron chi connectivity index (χ0n) is 16.7. The lowest BCUT2D eigenvalue weighted by atomic mass is 10.2. The maximum absolute atomic E-state index is 12.7. The Kier molecular flexibility index (Phi) is 5.90. The van der Waals surface area contributed by atoms with Crippen LogP contribution in [0.1, 0.15) is 16.6 Å². The number of para-hydroxylation sites is 1. The maximum Gasteiger partial charge on any atom is 0.350 e. The average molecular weight is 433 g/mol. The van der Waals surface area contributed by atoms with Crippen molar-refractivity contribution in [2.24, 2.45) is 0 Å². The second-order valence-corrected chi connectivity index (χ2v) is 7.74. The Labute approximate surface area is 181 Å². The fraction of sp³-hybridized carbons (Fsp3) is 0.130. The van der Waals surface area contributed by atoms with Gasteiger partial charge in [-0.1, -0.05) is 42.5 Å². The molecule has 0 bridgehead atoms. The molecule has 0 aliphatic rings. The SMILES string of the molecule is CCOC(=O)c1sc(-c2ccccc2)cc1NC(=O)Cn1cnc2ccccc2c1=O. The summed E-state index contributed by atoms with van der Waals surface area (Å²) in [5.41, 5.74) is 1.54. The standard InChI is InChI=1S/C23H19N3O4S/c1-2-30-23(29)21-18(12-19(31-21)15-8-4-3-5-9-15)25-20(27)13-26-14-24-17-11-7-6-10-16(17)22(26)28/h3-12,14H,2,13H2,1H3,(H,25,27). The van der Waals surface area contributed by atoms with E-state index in [0.29, 0.717) is 21.5 Å². The molecule has 0 saturated heterocycles. The van der Waals surface area contributed by atoms with Crippen molar-refractivity contribution >= 4 is 39.8 Å². The molecule has 31 heavy (non-hydrogen) atoms. The van der Waals surface area contributed by atoms with E-state index >= 15 is 0 Å². The van der Waals surface area contributed by atoms with E-state index in [2.05, 4.69) is 10.3 Å². The molecule has 0 spiro atoms. The van der Waals surface area contributed by atoms with E-state index in [1.54, 1.807) is 37.3 Å². The van der Waals surface area contributed by atoms with Crippen LogP contribution in [0.2, 0.25) is 0 Å². The average Bonchev–Trinajstić information content (AvgIpc) is 3.20. The van der Waals surface area contributed by atoms with E-state index in [1.807, 2.05) is 30.3 Å². The highest BCUT2D eigenvalue weighted by atomic mass is 32.1. The summed E-state index contributed by atoms with van der Waals surface area (Å²) in [7, 11) is 0. The van der Waals surface area contributed by atoms with Crippen molar-refractivity contribution in [3.63, 3.8) is 0 Å². The second-order valence-electron chi connectivity index (χ2n) is 6.68. The minimum absolute atomic E-state index is 0.225. The van der Waals surface area contributed by atoms with Crippen molar-refractivity contribution in [1.82, 2.24) is 9.55 Å². The minimum Gasteiger partial charge on any atom is -0.462 e. The molecule has 4 aromatic rings. The van der Waals surface area contributed by atoms with Crippen LogP contribution in [0.3, 0.4) is 0 Å². The molecule has 1 N–H and O–H groups in total. The normalized spacial score (nSPS) is 10.7. The predicted octanol–water partition coefficient (Wildman–Crippen LogP) is 3.94. The van der Waals surface area contributed by atoms with Crippen LogP contribution < -0.4 is 10.9 Å². The van der Waals surface area contributed by atoms with Gasteiger partial charge in [0.1, 0.15) is 11.4 Å². The highest BCUT2D eigenvalue weighted by molar-refractivity contribution is 7.18. The van der Waals surface area contributed by atoms with Gasteiger partial charge in [-0.3, -0.25) is 14.2 Å². The van der Waals surface area contributed by atoms with Gasteiger partial charge in [-0.15, -0.1) is 11.3 Å². The van der Waals surface area contributed by atoms with Crippen LogP contribution in [0, 0.1) is 0 Å². The number of thiophene rings is 1. The summed E-state index contributed by atoms with van der Waals surface area (Å²) in [4.78, 5) is 43.1. The zero-order chi connectivity index (χ0) is 21.8. The van der Waals surface area contributed by atoms with Gasteiger partial charge in [-0.25, -0.2) is 9.78 Å². The number of carbonyl (C=O) groups is 2. The van der Waals surface area contributed by atoms with E-state index in [1.165, 1.54) is 22.2 Å². The number of hydrogen-bond acceptors (Lipinski definition) is 6. The van der Waals surface area contributed by atoms with Crippen LogP contribution in [0.15, 0.2) is 71.8 Å². The molecule has 1 amide bonds. The van der Waals surface area contributed by atoms with Gasteiger partial charge < -0.3 is 10.1 Å². The number of rotatable bonds is 6. The molecule has 156 valence electrons. The van der Waals surface area contributed by atoms with Crippen LogP contribution in [0.5, 0.6) is 0 Å². The molecule has 0 radical (unpaired) electrons. The number of nitrogens with zero attached hydrogens (tertiary/aromatic N) is 2. The van der Waals surface area contributed by atoms with Crippen molar-refractivity contribution in [3.05, 3.63) is 82.2 Å². The summed E-state index contributed by atoms with van der Waals surface area (Å²) >= 11 is 1.24. The summed E-state index contributed by atoms with van der Waals surface area (Å²) in [5, 5.41) is 3.18. The van der Waals surface area contributed by atoms with Crippen molar-refractivity contribution in [1.29, 1.82) is 0 Å². The Morgan fingerprint density at radius 1 is 1.10 bits per heavy atom. The first-order valence-corrected chi connectivity index (χ1v) is 10.5. The number of anilines is 1. The van der Waals surface area contributed by atoms with Gasteiger partial charge in [0.2, 0.25) is 5.91 Å². The lowest BCUT2D eigenvalue weighted by Gasteiger charge is -2.08. The Morgan fingerprint density at radius 3 is 2.61 bits per heavy atom. The molecule has 4 rings (SSSR count). The molecule has 0 fully saturated rings. The molecule has 0 aliphatic heterocycles. The number of ether oxygens (including phenoxy) is 1. The van der Waals surface area contributed by atoms with Crippen LogP contribution >= 0.6 is 11.3 Å². The second kappa shape index (κ2) is 8.93. The Morgan fingerprint density at radius 2 is 1.84 bits per heavy atom. The van der Waals surface area contributed by atoms with Gasteiger partial charge in [-0.2, -0.15) is 0 Å². The van der Waals surface area contributed by atoms with Gasteiger partial charge in [-0.05, 0) is 30.7 Å². The fourth-order valence-electron chi connectivity index (χ4n) is 3.14. The number of amides is 1. The molecule has 0 aliphatic carbocycles. The van der Waals surface area contributed by atoms with E-state index < -0.39 is 11.9 Å². The highest BCUT2D eigenvalue weighted by Crippen LogP contribution is 2.35. The van der Waals surface area contributed by atoms with Crippen LogP contribution in [-0.2, 0) is 16.1 Å². The third-order valence-corrected chi connectivity index (χ3v) is 5.73. The number of hydrogen-bond donors (Lipinski definition) is 1. The minimum atomic E-state index is -0.505. The van der Waals surface area contributed by atoms with E-state index in [9.17, 15) is 14.4 Å². The summed E-state index contributed by atoms with van der Waals surface area (Å²) in [6.45, 7) is 1.72. The van der Waals surface area contributed by atoms with Gasteiger partial charge in [0.25, 0.3) is 5.56 Å². The third-order valence-electron chi connectivity index (χ3n) is 4.57. The van der Waals surface area contributed by atoms with Crippen molar-refractivity contribution in [2.75, 3.05) is 11.9 Å². The predicted molar refractivity (Wildman–Crippen MR) is 120 cm³/mol. The fourth-order valence-corrected chi connectivity index (χ4v) is 4.15. The Bertz CT molecular complexity index is 1310. The number of fused-ring (bicyclic) bond motifs is 1. The first kappa shape index (κ1) is 20.5. The topological polar surface area (TPSA) is 90.3 Å². The van der Waals surface area contributed by atoms with Crippen LogP contribution in [0.25, 0.3) is 21.3 Å². The molecule has 0 saturated carbocycles. The molecule has 0 unspecified atom stereocenters. The Hall–Kier alpha value is -3.78. The van der Waals surface area contributed by atoms with Gasteiger partial charge in [0.15, 0.2) is 0 Å². The molecular formula is C23H19N3O4S. The monoisotopic (exact) mass is 433 g/mol. The van der Waals surface area contributed by atoms with Gasteiger partial charge in [0.05, 0.1) is 29.5 Å². The maximum atomic E-state index is 12.7. The summed E-state index contributed by atoms with van der Waals surface area (Å²) < 4.78 is 6.38. The van der Waals surface area contributed by atoms with Crippen molar-refractivity contribution < 1.29 is 14.3 Å². The molecule has 2 heterocycles. The molecule has 8 heteroatoms. The summed E-state index contributed by atoms with van der Waals surface area (Å²) in [5.74, 6) is -0.948. The van der Waals surface area contributed by atoms with Crippen molar-refractivity contribution in [2.45, 2.75) is 13.5 Å². The van der Waals surface area contributed by atoms with Gasteiger partial charge >= 0.3 is 5.97 Å². The molecular weight excluding hydrogens is 414 g/mol. The third kappa shape index (κ3) is 4.39. The van der Waals surface area contributed by atoms with Crippen molar-refractivity contribution in [3.8, 4) is 10.4 Å². The van der Waals surface area contributed by atoms with Gasteiger partial charge in [0, 0.05) is 4.88 Å². The lowest BCUT2D eigenvalue weighted by Crippen LogP contribution is -2.28. The smallest absolute Gasteiger partial charge is 0.350 e. The zero-order valence-corrected chi connectivity index (χ0v) is 17.5. The van der Waals surface area contributed by atoms with E-state index in [-0.39, 0.29) is 18.7 Å². The first-order chi connectivity index (χ1) is 15.1. The largest absolute Gasteiger partial charge is 0.462 e. The number of nitrogens with one attached hydrogen (secondary N) is 1. The number of esters is 1. The van der Waals surface area contributed by atoms with Crippen LogP contribution in [0.4, 0.5) is 5.69 Å².